The first kappa shape index (κ1) is 14.7. The highest BCUT2D eigenvalue weighted by Gasteiger charge is 2.22. The van der Waals surface area contributed by atoms with Gasteiger partial charge in [0.05, 0.1) is 0 Å². The molecule has 0 saturated carbocycles. The fourth-order valence-corrected chi connectivity index (χ4v) is 1.28. The van der Waals surface area contributed by atoms with E-state index in [-0.39, 0.29) is 23.1 Å². The zero-order valence-corrected chi connectivity index (χ0v) is 11.6. The first-order valence-corrected chi connectivity index (χ1v) is 6.12. The van der Waals surface area contributed by atoms with Gasteiger partial charge in [-0.1, -0.05) is 20.8 Å². The summed E-state index contributed by atoms with van der Waals surface area (Å²) in [6, 6.07) is 0.863. The Kier molecular flexibility index (Phi) is 4.48. The Hall–Kier alpha value is -1.39. The summed E-state index contributed by atoms with van der Waals surface area (Å²) >= 11 is 0. The van der Waals surface area contributed by atoms with E-state index < -0.39 is 11.6 Å². The molecule has 18 heavy (non-hydrogen) atoms. The molecule has 3 nitrogen and oxygen atoms in total. The maximum Gasteiger partial charge on any atom is 0.168 e. The number of halogens is 2. The van der Waals surface area contributed by atoms with Crippen molar-refractivity contribution < 1.29 is 8.78 Å². The molecule has 0 aliphatic rings. The molecular formula is C13H21F2N3. The van der Waals surface area contributed by atoms with Crippen molar-refractivity contribution in [1.29, 1.82) is 0 Å². The van der Waals surface area contributed by atoms with Crippen molar-refractivity contribution in [3.63, 3.8) is 0 Å². The summed E-state index contributed by atoms with van der Waals surface area (Å²) in [4.78, 5) is 3.94. The standard InChI is InChI=1S/C13H21F2N3/c1-6-16-11-9(14)7-10(15)12(18-11)17-8(2)13(3,4)5/h7-8H,6H2,1-5H3,(H2,16,17,18). The molecule has 1 aromatic rings. The highest BCUT2D eigenvalue weighted by molar-refractivity contribution is 5.48. The zero-order chi connectivity index (χ0) is 13.9. The van der Waals surface area contributed by atoms with Crippen molar-refractivity contribution in [2.75, 3.05) is 17.2 Å². The van der Waals surface area contributed by atoms with E-state index in [1.165, 1.54) is 0 Å². The Morgan fingerprint density at radius 3 is 2.28 bits per heavy atom. The maximum absolute atomic E-state index is 13.6. The second kappa shape index (κ2) is 5.50. The van der Waals surface area contributed by atoms with E-state index in [0.29, 0.717) is 6.54 Å². The summed E-state index contributed by atoms with van der Waals surface area (Å²) in [5.74, 6) is -1.20. The topological polar surface area (TPSA) is 37.0 Å². The van der Waals surface area contributed by atoms with E-state index in [1.807, 2.05) is 34.6 Å². The van der Waals surface area contributed by atoms with E-state index in [9.17, 15) is 8.78 Å². The third kappa shape index (κ3) is 3.55. The lowest BCUT2D eigenvalue weighted by molar-refractivity contribution is 0.357. The first-order valence-electron chi connectivity index (χ1n) is 6.12. The van der Waals surface area contributed by atoms with Crippen LogP contribution < -0.4 is 10.6 Å². The Morgan fingerprint density at radius 1 is 1.22 bits per heavy atom. The minimum atomic E-state index is -0.677. The Morgan fingerprint density at radius 2 is 1.78 bits per heavy atom. The van der Waals surface area contributed by atoms with E-state index >= 15 is 0 Å². The van der Waals surface area contributed by atoms with Gasteiger partial charge in [0.1, 0.15) is 0 Å². The van der Waals surface area contributed by atoms with Crippen molar-refractivity contribution in [2.45, 2.75) is 40.7 Å². The molecule has 1 heterocycles. The van der Waals surface area contributed by atoms with Crippen molar-refractivity contribution in [2.24, 2.45) is 5.41 Å². The van der Waals surface area contributed by atoms with Crippen molar-refractivity contribution in [3.8, 4) is 0 Å². The molecule has 0 aromatic carbocycles. The van der Waals surface area contributed by atoms with Crippen LogP contribution in [0.15, 0.2) is 6.07 Å². The lowest BCUT2D eigenvalue weighted by Crippen LogP contribution is -2.31. The highest BCUT2D eigenvalue weighted by Crippen LogP contribution is 2.25. The lowest BCUT2D eigenvalue weighted by atomic mass is 9.88. The number of hydrogen-bond donors (Lipinski definition) is 2. The molecule has 1 rings (SSSR count). The summed E-state index contributed by atoms with van der Waals surface area (Å²) in [6.45, 7) is 10.4. The van der Waals surface area contributed by atoms with Gasteiger partial charge in [0.15, 0.2) is 23.3 Å². The number of aromatic nitrogens is 1. The quantitative estimate of drug-likeness (QED) is 0.864. The van der Waals surface area contributed by atoms with Gasteiger partial charge < -0.3 is 10.6 Å². The van der Waals surface area contributed by atoms with Crippen LogP contribution >= 0.6 is 0 Å². The number of nitrogens with zero attached hydrogens (tertiary/aromatic N) is 1. The van der Waals surface area contributed by atoms with Gasteiger partial charge in [-0.15, -0.1) is 0 Å². The second-order valence-corrected chi connectivity index (χ2v) is 5.41. The SMILES string of the molecule is CCNc1nc(NC(C)C(C)(C)C)c(F)cc1F. The Bertz CT molecular complexity index is 413. The molecule has 2 N–H and O–H groups in total. The fraction of sp³-hybridized carbons (Fsp3) is 0.615. The van der Waals surface area contributed by atoms with Crippen molar-refractivity contribution in [1.82, 2.24) is 4.98 Å². The van der Waals surface area contributed by atoms with Gasteiger partial charge in [0.25, 0.3) is 0 Å². The van der Waals surface area contributed by atoms with Gasteiger partial charge >= 0.3 is 0 Å². The molecule has 1 unspecified atom stereocenters. The molecule has 0 fully saturated rings. The fourth-order valence-electron chi connectivity index (χ4n) is 1.28. The average molecular weight is 257 g/mol. The van der Waals surface area contributed by atoms with Gasteiger partial charge in [0.2, 0.25) is 0 Å². The van der Waals surface area contributed by atoms with Gasteiger partial charge in [-0.25, -0.2) is 13.8 Å². The lowest BCUT2D eigenvalue weighted by Gasteiger charge is -2.28. The largest absolute Gasteiger partial charge is 0.368 e. The molecule has 0 saturated heterocycles. The molecule has 0 spiro atoms. The minimum absolute atomic E-state index is 0.0134. The summed E-state index contributed by atoms with van der Waals surface area (Å²) in [5.41, 5.74) is -0.0408. The van der Waals surface area contributed by atoms with E-state index in [4.69, 9.17) is 0 Å². The number of pyridine rings is 1. The van der Waals surface area contributed by atoms with Crippen LogP contribution in [0, 0.1) is 17.0 Å². The molecule has 102 valence electrons. The van der Waals surface area contributed by atoms with Crippen LogP contribution in [0.25, 0.3) is 0 Å². The van der Waals surface area contributed by atoms with Crippen LogP contribution in [-0.4, -0.2) is 17.6 Å². The second-order valence-electron chi connectivity index (χ2n) is 5.41. The molecule has 0 amide bonds. The van der Waals surface area contributed by atoms with Crippen LogP contribution in [0.5, 0.6) is 0 Å². The summed E-state index contributed by atoms with van der Waals surface area (Å²) in [7, 11) is 0. The molecule has 0 bridgehead atoms. The average Bonchev–Trinajstić information content (AvgIpc) is 2.23. The van der Waals surface area contributed by atoms with Crippen molar-refractivity contribution in [3.05, 3.63) is 17.7 Å². The summed E-state index contributed by atoms with van der Waals surface area (Å²) in [5, 5.41) is 5.75. The molecule has 0 radical (unpaired) electrons. The third-order valence-electron chi connectivity index (χ3n) is 2.93. The van der Waals surface area contributed by atoms with Crippen molar-refractivity contribution >= 4 is 11.6 Å². The number of hydrogen-bond acceptors (Lipinski definition) is 3. The molecule has 5 heteroatoms. The predicted molar refractivity (Wildman–Crippen MR) is 70.9 cm³/mol. The third-order valence-corrected chi connectivity index (χ3v) is 2.93. The van der Waals surface area contributed by atoms with Crippen LogP contribution in [0.1, 0.15) is 34.6 Å². The van der Waals surface area contributed by atoms with Crippen LogP contribution in [-0.2, 0) is 0 Å². The predicted octanol–water partition coefficient (Wildman–Crippen LogP) is 3.64. The zero-order valence-electron chi connectivity index (χ0n) is 11.6. The molecule has 1 atom stereocenters. The summed E-state index contributed by atoms with van der Waals surface area (Å²) in [6.07, 6.45) is 0. The molecular weight excluding hydrogens is 236 g/mol. The summed E-state index contributed by atoms with van der Waals surface area (Å²) < 4.78 is 27.0. The number of rotatable bonds is 4. The Labute approximate surface area is 107 Å². The van der Waals surface area contributed by atoms with Gasteiger partial charge in [0, 0.05) is 18.7 Å². The van der Waals surface area contributed by atoms with Crippen LogP contribution in [0.3, 0.4) is 0 Å². The van der Waals surface area contributed by atoms with E-state index in [1.54, 1.807) is 0 Å². The van der Waals surface area contributed by atoms with Gasteiger partial charge in [-0.3, -0.25) is 0 Å². The minimum Gasteiger partial charge on any atom is -0.368 e. The van der Waals surface area contributed by atoms with Crippen LogP contribution in [0.4, 0.5) is 20.4 Å². The monoisotopic (exact) mass is 257 g/mol. The molecule has 0 aliphatic carbocycles. The number of anilines is 2. The van der Waals surface area contributed by atoms with Gasteiger partial charge in [-0.2, -0.15) is 0 Å². The van der Waals surface area contributed by atoms with E-state index in [0.717, 1.165) is 6.07 Å². The Balaban J connectivity index is 2.98. The normalized spacial score (nSPS) is 13.3. The smallest absolute Gasteiger partial charge is 0.168 e. The molecule has 0 aliphatic heterocycles. The van der Waals surface area contributed by atoms with E-state index in [2.05, 4.69) is 15.6 Å². The highest BCUT2D eigenvalue weighted by atomic mass is 19.1. The maximum atomic E-state index is 13.6. The number of nitrogens with one attached hydrogen (secondary N) is 2. The van der Waals surface area contributed by atoms with Gasteiger partial charge in [-0.05, 0) is 19.3 Å². The first-order chi connectivity index (χ1) is 8.25. The van der Waals surface area contributed by atoms with Crippen LogP contribution in [0.2, 0.25) is 0 Å². The molecule has 1 aromatic heterocycles.